The standard InChI is InChI=1S/C20H21N3O3/c24-20(25)17-11-16(17)14-3-1-2-13(10-14)7-9-26-15-4-5-18(21-12-15)19-6-8-22-23-19/h1-6,10,12,16-17,22-23H,7-9,11H2,(H,24,25). The van der Waals surface area contributed by atoms with Crippen molar-refractivity contribution in [1.29, 1.82) is 0 Å². The Morgan fingerprint density at radius 2 is 2.23 bits per heavy atom. The quantitative estimate of drug-likeness (QED) is 0.710. The Bertz CT molecular complexity index is 832. The third-order valence-corrected chi connectivity index (χ3v) is 4.79. The van der Waals surface area contributed by atoms with E-state index in [9.17, 15) is 4.79 Å². The number of carboxylic acids is 1. The molecule has 1 saturated carbocycles. The number of hydrogen-bond acceptors (Lipinski definition) is 5. The van der Waals surface area contributed by atoms with Crippen molar-refractivity contribution in [1.82, 2.24) is 15.8 Å². The topological polar surface area (TPSA) is 83.5 Å². The van der Waals surface area contributed by atoms with Gasteiger partial charge in [0.1, 0.15) is 5.75 Å². The van der Waals surface area contributed by atoms with Gasteiger partial charge < -0.3 is 15.3 Å². The van der Waals surface area contributed by atoms with Crippen molar-refractivity contribution >= 4 is 11.7 Å². The molecule has 1 fully saturated rings. The zero-order chi connectivity index (χ0) is 17.9. The van der Waals surface area contributed by atoms with Crippen LogP contribution in [0.2, 0.25) is 0 Å². The number of hydrazine groups is 1. The maximum atomic E-state index is 11.0. The van der Waals surface area contributed by atoms with Crippen LogP contribution >= 0.6 is 0 Å². The second kappa shape index (κ2) is 7.17. The van der Waals surface area contributed by atoms with Crippen molar-refractivity contribution in [2.75, 3.05) is 13.2 Å². The maximum absolute atomic E-state index is 11.0. The predicted molar refractivity (Wildman–Crippen MR) is 97.5 cm³/mol. The molecule has 3 N–H and O–H groups in total. The first-order chi connectivity index (χ1) is 12.7. The minimum Gasteiger partial charge on any atom is -0.492 e. The van der Waals surface area contributed by atoms with Gasteiger partial charge in [0.25, 0.3) is 0 Å². The highest BCUT2D eigenvalue weighted by Gasteiger charge is 2.44. The molecule has 2 atom stereocenters. The van der Waals surface area contributed by atoms with E-state index in [4.69, 9.17) is 9.84 Å². The van der Waals surface area contributed by atoms with Gasteiger partial charge in [0, 0.05) is 13.0 Å². The molecule has 1 aliphatic heterocycles. The first kappa shape index (κ1) is 16.6. The second-order valence-corrected chi connectivity index (χ2v) is 6.63. The Labute approximate surface area is 151 Å². The lowest BCUT2D eigenvalue weighted by atomic mass is 10.0. The molecule has 0 bridgehead atoms. The van der Waals surface area contributed by atoms with Gasteiger partial charge in [0.2, 0.25) is 0 Å². The molecule has 2 heterocycles. The molecule has 26 heavy (non-hydrogen) atoms. The Hall–Kier alpha value is -2.86. The van der Waals surface area contributed by atoms with Gasteiger partial charge in [-0.2, -0.15) is 0 Å². The molecule has 6 heteroatoms. The van der Waals surface area contributed by atoms with Crippen molar-refractivity contribution in [2.45, 2.75) is 18.8 Å². The fourth-order valence-corrected chi connectivity index (χ4v) is 3.25. The van der Waals surface area contributed by atoms with Crippen molar-refractivity contribution in [3.63, 3.8) is 0 Å². The first-order valence-electron chi connectivity index (χ1n) is 8.80. The maximum Gasteiger partial charge on any atom is 0.307 e. The number of hydrogen-bond donors (Lipinski definition) is 3. The fourth-order valence-electron chi connectivity index (χ4n) is 3.25. The monoisotopic (exact) mass is 351 g/mol. The second-order valence-electron chi connectivity index (χ2n) is 6.63. The van der Waals surface area contributed by atoms with Crippen molar-refractivity contribution in [2.24, 2.45) is 5.92 Å². The number of benzene rings is 1. The van der Waals surface area contributed by atoms with Gasteiger partial charge in [-0.3, -0.25) is 9.78 Å². The van der Waals surface area contributed by atoms with Crippen molar-refractivity contribution in [3.8, 4) is 5.75 Å². The minimum absolute atomic E-state index is 0.165. The average Bonchev–Trinajstić information content (AvgIpc) is 3.29. The molecule has 6 nitrogen and oxygen atoms in total. The SMILES string of the molecule is O=C(O)C1CC1c1cccc(CCOc2ccc(C3=CCNN3)nc2)c1. The predicted octanol–water partition coefficient (Wildman–Crippen LogP) is 2.34. The minimum atomic E-state index is -0.695. The summed E-state index contributed by atoms with van der Waals surface area (Å²) in [6.07, 6.45) is 5.30. The largest absolute Gasteiger partial charge is 0.492 e. The van der Waals surface area contributed by atoms with E-state index in [2.05, 4.69) is 28.0 Å². The highest BCUT2D eigenvalue weighted by atomic mass is 16.5. The highest BCUT2D eigenvalue weighted by Crippen LogP contribution is 2.47. The molecule has 0 spiro atoms. The molecule has 2 unspecified atom stereocenters. The number of ether oxygens (including phenoxy) is 1. The molecule has 1 aromatic heterocycles. The number of nitrogens with one attached hydrogen (secondary N) is 2. The van der Waals surface area contributed by atoms with Gasteiger partial charge >= 0.3 is 5.97 Å². The Morgan fingerprint density at radius 3 is 2.92 bits per heavy atom. The third kappa shape index (κ3) is 3.70. The molecule has 2 aliphatic rings. The van der Waals surface area contributed by atoms with E-state index in [1.54, 1.807) is 6.20 Å². The summed E-state index contributed by atoms with van der Waals surface area (Å²) in [6, 6.07) is 12.0. The number of pyridine rings is 1. The summed E-state index contributed by atoms with van der Waals surface area (Å²) >= 11 is 0. The van der Waals surface area contributed by atoms with E-state index in [1.807, 2.05) is 30.3 Å². The van der Waals surface area contributed by atoms with Crippen LogP contribution in [0.5, 0.6) is 5.75 Å². The molecule has 134 valence electrons. The van der Waals surface area contributed by atoms with Gasteiger partial charge in [-0.25, -0.2) is 5.43 Å². The van der Waals surface area contributed by atoms with Crippen LogP contribution in [0.15, 0.2) is 48.7 Å². The number of rotatable bonds is 7. The van der Waals surface area contributed by atoms with Gasteiger partial charge in [0.15, 0.2) is 0 Å². The average molecular weight is 351 g/mol. The molecular weight excluding hydrogens is 330 g/mol. The molecule has 4 rings (SSSR count). The van der Waals surface area contributed by atoms with E-state index >= 15 is 0 Å². The number of aliphatic carboxylic acids is 1. The van der Waals surface area contributed by atoms with E-state index < -0.39 is 5.97 Å². The first-order valence-corrected chi connectivity index (χ1v) is 8.80. The Balaban J connectivity index is 1.30. The van der Waals surface area contributed by atoms with Crippen LogP contribution in [0.3, 0.4) is 0 Å². The molecular formula is C20H21N3O3. The highest BCUT2D eigenvalue weighted by molar-refractivity contribution is 5.75. The van der Waals surface area contributed by atoms with Crippen LogP contribution in [0.4, 0.5) is 0 Å². The third-order valence-electron chi connectivity index (χ3n) is 4.79. The number of carboxylic acid groups (broad SMARTS) is 1. The summed E-state index contributed by atoms with van der Waals surface area (Å²) in [5, 5.41) is 9.07. The van der Waals surface area contributed by atoms with E-state index in [1.165, 1.54) is 0 Å². The zero-order valence-corrected chi connectivity index (χ0v) is 14.3. The van der Waals surface area contributed by atoms with E-state index in [0.29, 0.717) is 6.61 Å². The van der Waals surface area contributed by atoms with E-state index in [-0.39, 0.29) is 11.8 Å². The van der Waals surface area contributed by atoms with Crippen molar-refractivity contribution in [3.05, 3.63) is 65.5 Å². The van der Waals surface area contributed by atoms with Crippen molar-refractivity contribution < 1.29 is 14.6 Å². The molecule has 0 radical (unpaired) electrons. The lowest BCUT2D eigenvalue weighted by molar-refractivity contribution is -0.138. The summed E-state index contributed by atoms with van der Waals surface area (Å²) in [5.41, 5.74) is 10.2. The summed E-state index contributed by atoms with van der Waals surface area (Å²) in [6.45, 7) is 1.35. The molecule has 2 aromatic rings. The number of carbonyl (C=O) groups is 1. The van der Waals surface area contributed by atoms with Gasteiger partial charge in [-0.15, -0.1) is 0 Å². The molecule has 0 saturated heterocycles. The molecule has 1 aliphatic carbocycles. The van der Waals surface area contributed by atoms with Crippen LogP contribution in [0, 0.1) is 5.92 Å². The normalized spacial score (nSPS) is 21.0. The summed E-state index contributed by atoms with van der Waals surface area (Å²) in [7, 11) is 0. The van der Waals surface area contributed by atoms with Gasteiger partial charge in [-0.1, -0.05) is 24.3 Å². The van der Waals surface area contributed by atoms with Crippen LogP contribution in [0.25, 0.3) is 5.70 Å². The summed E-state index contributed by atoms with van der Waals surface area (Å²) < 4.78 is 5.79. The molecule has 1 aromatic carbocycles. The fraction of sp³-hybridized carbons (Fsp3) is 0.300. The lowest BCUT2D eigenvalue weighted by Gasteiger charge is -2.09. The van der Waals surface area contributed by atoms with Gasteiger partial charge in [0.05, 0.1) is 30.1 Å². The van der Waals surface area contributed by atoms with Crippen LogP contribution in [-0.2, 0) is 11.2 Å². The number of nitrogens with zero attached hydrogens (tertiary/aromatic N) is 1. The summed E-state index contributed by atoms with van der Waals surface area (Å²) in [4.78, 5) is 15.4. The Kier molecular flexibility index (Phi) is 4.58. The van der Waals surface area contributed by atoms with Crippen LogP contribution < -0.4 is 15.6 Å². The van der Waals surface area contributed by atoms with Crippen LogP contribution in [-0.4, -0.2) is 29.2 Å². The Morgan fingerprint density at radius 1 is 1.31 bits per heavy atom. The zero-order valence-electron chi connectivity index (χ0n) is 14.3. The number of aromatic nitrogens is 1. The smallest absolute Gasteiger partial charge is 0.307 e. The molecule has 0 amide bonds. The summed E-state index contributed by atoms with van der Waals surface area (Å²) in [5.74, 6) is -0.00695. The van der Waals surface area contributed by atoms with Gasteiger partial charge in [-0.05, 0) is 41.7 Å². The van der Waals surface area contributed by atoms with E-state index in [0.717, 1.165) is 47.7 Å². The lowest BCUT2D eigenvalue weighted by Crippen LogP contribution is -2.23. The van der Waals surface area contributed by atoms with Crippen LogP contribution in [0.1, 0.15) is 29.2 Å².